The number of para-hydroxylation sites is 1. The molecule has 0 aliphatic heterocycles. The molecule has 3 aromatic heterocycles. The lowest BCUT2D eigenvalue weighted by Gasteiger charge is -2.10. The van der Waals surface area contributed by atoms with Crippen molar-refractivity contribution < 1.29 is 13.9 Å². The minimum Gasteiger partial charge on any atom is -0.458 e. The molecule has 0 spiro atoms. The first-order valence-corrected chi connectivity index (χ1v) is 11.6. The van der Waals surface area contributed by atoms with E-state index in [1.165, 1.54) is 6.07 Å². The molecule has 5 rings (SSSR count). The molecule has 7 nitrogen and oxygen atoms in total. The zero-order valence-electron chi connectivity index (χ0n) is 17.6. The Kier molecular flexibility index (Phi) is 6.29. The van der Waals surface area contributed by atoms with Crippen molar-refractivity contribution in [1.82, 2.24) is 24.1 Å². The predicted octanol–water partition coefficient (Wildman–Crippen LogP) is 5.21. The average Bonchev–Trinajstić information content (AvgIpc) is 3.45. The summed E-state index contributed by atoms with van der Waals surface area (Å²) in [6.07, 6.45) is 3.49. The maximum atomic E-state index is 14.5. The molecule has 0 radical (unpaired) electrons. The maximum absolute atomic E-state index is 14.5. The molecule has 0 fully saturated rings. The van der Waals surface area contributed by atoms with E-state index in [9.17, 15) is 9.18 Å². The smallest absolute Gasteiger partial charge is 0.316 e. The summed E-state index contributed by atoms with van der Waals surface area (Å²) in [5, 5.41) is 9.45. The second-order valence-electron chi connectivity index (χ2n) is 7.25. The normalized spacial score (nSPS) is 11.1. The fourth-order valence-electron chi connectivity index (χ4n) is 3.40. The molecule has 0 aliphatic carbocycles. The van der Waals surface area contributed by atoms with E-state index < -0.39 is 11.8 Å². The molecule has 0 unspecified atom stereocenters. The Morgan fingerprint density at radius 2 is 1.79 bits per heavy atom. The number of nitrogens with zero attached hydrogens (tertiary/aromatic N) is 5. The van der Waals surface area contributed by atoms with Gasteiger partial charge in [-0.25, -0.2) is 9.37 Å². The summed E-state index contributed by atoms with van der Waals surface area (Å²) in [6, 6.07) is 19.2. The van der Waals surface area contributed by atoms with Gasteiger partial charge in [-0.05, 0) is 36.4 Å². The fourth-order valence-corrected chi connectivity index (χ4v) is 4.31. The number of pyridine rings is 1. The van der Waals surface area contributed by atoms with Crippen LogP contribution in [0.5, 0.6) is 0 Å². The Hall–Kier alpha value is -3.69. The highest BCUT2D eigenvalue weighted by Gasteiger charge is 2.19. The van der Waals surface area contributed by atoms with Crippen molar-refractivity contribution in [3.63, 3.8) is 0 Å². The van der Waals surface area contributed by atoms with Gasteiger partial charge in [-0.1, -0.05) is 53.7 Å². The zero-order valence-corrected chi connectivity index (χ0v) is 19.2. The minimum atomic E-state index is -0.435. The van der Waals surface area contributed by atoms with Crippen LogP contribution in [0.3, 0.4) is 0 Å². The monoisotopic (exact) mass is 493 g/mol. The van der Waals surface area contributed by atoms with Crippen LogP contribution >= 0.6 is 23.4 Å². The van der Waals surface area contributed by atoms with Crippen LogP contribution in [-0.4, -0.2) is 35.9 Å². The van der Waals surface area contributed by atoms with Gasteiger partial charge in [0.2, 0.25) is 0 Å². The molecule has 0 bridgehead atoms. The lowest BCUT2D eigenvalue weighted by Crippen LogP contribution is -2.09. The summed E-state index contributed by atoms with van der Waals surface area (Å²) in [4.78, 5) is 16.8. The molecule has 0 atom stereocenters. The van der Waals surface area contributed by atoms with Gasteiger partial charge in [0.05, 0.1) is 22.0 Å². The number of carbonyl (C=O) groups is 1. The van der Waals surface area contributed by atoms with E-state index in [1.807, 2.05) is 30.3 Å². The van der Waals surface area contributed by atoms with Crippen molar-refractivity contribution in [2.24, 2.45) is 0 Å². The number of thioether (sulfide) groups is 1. The summed E-state index contributed by atoms with van der Waals surface area (Å²) < 4.78 is 23.4. The number of carbonyl (C=O) groups excluding carboxylic acids is 1. The third-order valence-electron chi connectivity index (χ3n) is 4.93. The molecule has 0 saturated heterocycles. The van der Waals surface area contributed by atoms with E-state index in [2.05, 4.69) is 15.2 Å². The van der Waals surface area contributed by atoms with Gasteiger partial charge < -0.3 is 9.14 Å². The van der Waals surface area contributed by atoms with Crippen molar-refractivity contribution in [3.8, 4) is 17.1 Å². The van der Waals surface area contributed by atoms with Crippen molar-refractivity contribution >= 4 is 35.0 Å². The Morgan fingerprint density at radius 1 is 1.00 bits per heavy atom. The standard InChI is InChI=1S/C24H17ClFN5O2S/c25-16-10-11-21-27-17(13-30(21)12-16)14-33-22(32)15-34-24-29-28-23(19-8-4-5-9-20(19)26)31(24)18-6-2-1-3-7-18/h1-13H,14-15H2. The molecule has 5 aromatic rings. The summed E-state index contributed by atoms with van der Waals surface area (Å²) in [5.41, 5.74) is 2.39. The second-order valence-corrected chi connectivity index (χ2v) is 8.63. The number of aromatic nitrogens is 5. The molecule has 0 saturated carbocycles. The summed E-state index contributed by atoms with van der Waals surface area (Å²) in [5.74, 6) is -0.489. The first-order valence-electron chi connectivity index (χ1n) is 10.3. The highest BCUT2D eigenvalue weighted by atomic mass is 35.5. The van der Waals surface area contributed by atoms with Crippen molar-refractivity contribution in [3.05, 3.63) is 95.7 Å². The summed E-state index contributed by atoms with van der Waals surface area (Å²) in [6.45, 7) is 0.0323. The molecule has 0 N–H and O–H groups in total. The van der Waals surface area contributed by atoms with E-state index in [0.717, 1.165) is 17.4 Å². The van der Waals surface area contributed by atoms with Crippen LogP contribution in [0.4, 0.5) is 4.39 Å². The van der Waals surface area contributed by atoms with Gasteiger partial charge in [-0.15, -0.1) is 10.2 Å². The van der Waals surface area contributed by atoms with Crippen LogP contribution < -0.4 is 0 Å². The lowest BCUT2D eigenvalue weighted by molar-refractivity contribution is -0.141. The van der Waals surface area contributed by atoms with Crippen molar-refractivity contribution in [1.29, 1.82) is 0 Å². The van der Waals surface area contributed by atoms with Gasteiger partial charge in [0.15, 0.2) is 11.0 Å². The number of hydrogen-bond donors (Lipinski definition) is 0. The number of rotatable bonds is 7. The maximum Gasteiger partial charge on any atom is 0.316 e. The van der Waals surface area contributed by atoms with Gasteiger partial charge in [0.1, 0.15) is 18.1 Å². The van der Waals surface area contributed by atoms with Crippen molar-refractivity contribution in [2.45, 2.75) is 11.8 Å². The summed E-state index contributed by atoms with van der Waals surface area (Å²) >= 11 is 7.15. The Morgan fingerprint density at radius 3 is 2.62 bits per heavy atom. The summed E-state index contributed by atoms with van der Waals surface area (Å²) in [7, 11) is 0. The minimum absolute atomic E-state index is 0.00143. The molecule has 170 valence electrons. The first kappa shape index (κ1) is 22.1. The SMILES string of the molecule is O=C(CSc1nnc(-c2ccccc2F)n1-c1ccccc1)OCc1cn2cc(Cl)ccc2n1. The van der Waals surface area contributed by atoms with Crippen molar-refractivity contribution in [2.75, 3.05) is 5.75 Å². The van der Waals surface area contributed by atoms with Crippen LogP contribution in [0.15, 0.2) is 84.3 Å². The third-order valence-corrected chi connectivity index (χ3v) is 6.05. The van der Waals surface area contributed by atoms with Crippen LogP contribution in [0.2, 0.25) is 5.02 Å². The average molecular weight is 494 g/mol. The Labute approximate surface area is 203 Å². The molecular weight excluding hydrogens is 477 g/mol. The first-order chi connectivity index (χ1) is 16.6. The quantitative estimate of drug-likeness (QED) is 0.229. The third kappa shape index (κ3) is 4.66. The van der Waals surface area contributed by atoms with Gasteiger partial charge in [-0.2, -0.15) is 0 Å². The number of fused-ring (bicyclic) bond motifs is 1. The molecular formula is C24H17ClFN5O2S. The Balaban J connectivity index is 1.32. The number of ether oxygens (including phenoxy) is 1. The van der Waals surface area contributed by atoms with E-state index in [1.54, 1.807) is 51.7 Å². The lowest BCUT2D eigenvalue weighted by atomic mass is 10.2. The van der Waals surface area contributed by atoms with Crippen LogP contribution in [0.25, 0.3) is 22.7 Å². The molecule has 0 amide bonds. The number of hydrogen-bond acceptors (Lipinski definition) is 6. The molecule has 2 aromatic carbocycles. The van der Waals surface area contributed by atoms with Gasteiger partial charge in [-0.3, -0.25) is 9.36 Å². The van der Waals surface area contributed by atoms with Crippen LogP contribution in [-0.2, 0) is 16.1 Å². The fraction of sp³-hybridized carbons (Fsp3) is 0.0833. The second kappa shape index (κ2) is 9.66. The van der Waals surface area contributed by atoms with E-state index >= 15 is 0 Å². The molecule has 10 heteroatoms. The van der Waals surface area contributed by atoms with Gasteiger partial charge >= 0.3 is 5.97 Å². The van der Waals surface area contributed by atoms with Gasteiger partial charge in [0.25, 0.3) is 0 Å². The highest BCUT2D eigenvalue weighted by molar-refractivity contribution is 7.99. The largest absolute Gasteiger partial charge is 0.458 e. The van der Waals surface area contributed by atoms with Gasteiger partial charge in [0, 0.05) is 18.1 Å². The molecule has 0 aliphatic rings. The topological polar surface area (TPSA) is 74.3 Å². The number of imidazole rings is 1. The molecule has 34 heavy (non-hydrogen) atoms. The van der Waals surface area contributed by atoms with E-state index in [-0.39, 0.29) is 12.4 Å². The number of halogens is 2. The van der Waals surface area contributed by atoms with E-state index in [4.69, 9.17) is 16.3 Å². The Bertz CT molecular complexity index is 1470. The van der Waals surface area contributed by atoms with E-state index in [0.29, 0.717) is 32.9 Å². The highest BCUT2D eigenvalue weighted by Crippen LogP contribution is 2.29. The molecule has 3 heterocycles. The number of benzene rings is 2. The van der Waals surface area contributed by atoms with Crippen LogP contribution in [0.1, 0.15) is 5.69 Å². The van der Waals surface area contributed by atoms with Crippen LogP contribution in [0, 0.1) is 5.82 Å². The number of esters is 1. The zero-order chi connectivity index (χ0) is 23.5. The predicted molar refractivity (Wildman–Crippen MR) is 127 cm³/mol.